The molecule has 5 rings (SSSR count). The molecule has 0 saturated carbocycles. The Balaban J connectivity index is 1.45. The second-order valence-electron chi connectivity index (χ2n) is 11.4. The Bertz CT molecular complexity index is 1510. The van der Waals surface area contributed by atoms with E-state index in [1.165, 1.54) is 15.9 Å². The van der Waals surface area contributed by atoms with Gasteiger partial charge in [-0.2, -0.15) is 0 Å². The summed E-state index contributed by atoms with van der Waals surface area (Å²) in [6.45, 7) is 4.47. The van der Waals surface area contributed by atoms with E-state index >= 15 is 0 Å². The Morgan fingerprint density at radius 3 is 2.71 bits per heavy atom. The Morgan fingerprint density at radius 2 is 1.90 bits per heavy atom. The van der Waals surface area contributed by atoms with Crippen LogP contribution in [-0.2, 0) is 16.0 Å². The van der Waals surface area contributed by atoms with Crippen LogP contribution in [0.25, 0.3) is 10.9 Å². The van der Waals surface area contributed by atoms with E-state index in [2.05, 4.69) is 15.6 Å². The van der Waals surface area contributed by atoms with Crippen molar-refractivity contribution in [3.05, 3.63) is 77.2 Å². The molecule has 2 aliphatic heterocycles. The van der Waals surface area contributed by atoms with Gasteiger partial charge in [0.25, 0.3) is 11.8 Å². The zero-order chi connectivity index (χ0) is 29.8. The van der Waals surface area contributed by atoms with Crippen LogP contribution in [-0.4, -0.2) is 76.7 Å². The summed E-state index contributed by atoms with van der Waals surface area (Å²) in [5.74, 6) is -2.23. The molecule has 9 nitrogen and oxygen atoms in total. The second-order valence-corrected chi connectivity index (χ2v) is 11.4. The van der Waals surface area contributed by atoms with Gasteiger partial charge in [-0.1, -0.05) is 26.0 Å². The number of carbonyl (C=O) groups excluding carboxylic acids is 4. The fourth-order valence-corrected chi connectivity index (χ4v) is 5.63. The molecule has 0 spiro atoms. The summed E-state index contributed by atoms with van der Waals surface area (Å²) in [6, 6.07) is 12.1. The standard InChI is InChI=1S/C32H36FN5O4/c1-20(2)27-18-37(31(41)23-10-12-26-22(17-23)7-4-13-34-26)19-29(39)35-14-3-6-21-9-11-25(33)24(16-21)32(42)38-15-5-8-28(38)30(40)36-27/h4,7,9-13,16-17,20,27-28H,3,5-6,8,14-15,18-19H2,1-2H3,(H,35,39)(H,36,40)/t27-,28-/m0/s1. The number of nitrogens with zero attached hydrogens (tertiary/aromatic N) is 3. The van der Waals surface area contributed by atoms with Gasteiger partial charge in [-0.3, -0.25) is 24.2 Å². The third kappa shape index (κ3) is 6.42. The lowest BCUT2D eigenvalue weighted by Crippen LogP contribution is -2.54. The highest BCUT2D eigenvalue weighted by atomic mass is 19.1. The first-order valence-electron chi connectivity index (χ1n) is 14.5. The molecule has 10 heteroatoms. The van der Waals surface area contributed by atoms with Crippen molar-refractivity contribution in [2.75, 3.05) is 26.2 Å². The monoisotopic (exact) mass is 573 g/mol. The largest absolute Gasteiger partial charge is 0.355 e. The molecule has 0 radical (unpaired) electrons. The number of hydrogen-bond donors (Lipinski definition) is 2. The molecule has 1 fully saturated rings. The Kier molecular flexibility index (Phi) is 8.80. The van der Waals surface area contributed by atoms with Crippen LogP contribution in [0.5, 0.6) is 0 Å². The lowest BCUT2D eigenvalue weighted by atomic mass is 10.0. The highest BCUT2D eigenvalue weighted by molar-refractivity contribution is 6.00. The van der Waals surface area contributed by atoms with E-state index in [0.29, 0.717) is 44.3 Å². The number of hydrogen-bond acceptors (Lipinski definition) is 5. The molecule has 2 aromatic carbocycles. The van der Waals surface area contributed by atoms with Gasteiger partial charge in [-0.25, -0.2) is 4.39 Å². The van der Waals surface area contributed by atoms with Gasteiger partial charge in [-0.15, -0.1) is 0 Å². The Hall–Kier alpha value is -4.34. The fraction of sp³-hybridized carbons (Fsp3) is 0.406. The third-order valence-corrected chi connectivity index (χ3v) is 8.06. The van der Waals surface area contributed by atoms with Crippen LogP contribution in [0.4, 0.5) is 4.39 Å². The summed E-state index contributed by atoms with van der Waals surface area (Å²) in [6.07, 6.45) is 3.86. The molecule has 2 atom stereocenters. The van der Waals surface area contributed by atoms with Crippen molar-refractivity contribution < 1.29 is 23.6 Å². The topological polar surface area (TPSA) is 112 Å². The quantitative estimate of drug-likeness (QED) is 0.489. The van der Waals surface area contributed by atoms with Crippen molar-refractivity contribution in [2.45, 2.75) is 51.6 Å². The van der Waals surface area contributed by atoms with Crippen molar-refractivity contribution >= 4 is 34.5 Å². The summed E-state index contributed by atoms with van der Waals surface area (Å²) < 4.78 is 14.8. The molecule has 0 unspecified atom stereocenters. The fourth-order valence-electron chi connectivity index (χ4n) is 5.63. The van der Waals surface area contributed by atoms with Gasteiger partial charge in [0, 0.05) is 42.8 Å². The predicted octanol–water partition coefficient (Wildman–Crippen LogP) is 3.32. The van der Waals surface area contributed by atoms with Gasteiger partial charge in [-0.05, 0) is 73.6 Å². The van der Waals surface area contributed by atoms with Crippen LogP contribution in [0.3, 0.4) is 0 Å². The van der Waals surface area contributed by atoms with E-state index in [-0.39, 0.29) is 42.3 Å². The zero-order valence-corrected chi connectivity index (χ0v) is 23.9. The Morgan fingerprint density at radius 1 is 1.07 bits per heavy atom. The van der Waals surface area contributed by atoms with Gasteiger partial charge in [0.15, 0.2) is 0 Å². The molecular weight excluding hydrogens is 537 g/mol. The molecule has 2 N–H and O–H groups in total. The maximum absolute atomic E-state index is 14.8. The number of rotatable bonds is 2. The lowest BCUT2D eigenvalue weighted by Gasteiger charge is -2.32. The number of nitrogens with one attached hydrogen (secondary N) is 2. The minimum atomic E-state index is -0.752. The number of pyridine rings is 1. The van der Waals surface area contributed by atoms with Crippen LogP contribution >= 0.6 is 0 Å². The number of carbonyl (C=O) groups is 4. The number of benzene rings is 2. The normalized spacial score (nSPS) is 20.7. The minimum absolute atomic E-state index is 0.0525. The summed E-state index contributed by atoms with van der Waals surface area (Å²) in [7, 11) is 0. The van der Waals surface area contributed by atoms with Crippen LogP contribution in [0.1, 0.15) is 59.4 Å². The van der Waals surface area contributed by atoms with Crippen molar-refractivity contribution in [3.8, 4) is 0 Å². The van der Waals surface area contributed by atoms with Crippen molar-refractivity contribution in [3.63, 3.8) is 0 Å². The van der Waals surface area contributed by atoms with Crippen LogP contribution in [0, 0.1) is 11.7 Å². The average Bonchev–Trinajstić information content (AvgIpc) is 3.48. The summed E-state index contributed by atoms with van der Waals surface area (Å²) in [5.41, 5.74) is 1.88. The average molecular weight is 574 g/mol. The maximum atomic E-state index is 14.8. The number of aryl methyl sites for hydroxylation is 1. The van der Waals surface area contributed by atoms with E-state index in [1.807, 2.05) is 19.9 Å². The molecule has 42 heavy (non-hydrogen) atoms. The number of aromatic nitrogens is 1. The summed E-state index contributed by atoms with van der Waals surface area (Å²) in [5, 5.41) is 6.72. The minimum Gasteiger partial charge on any atom is -0.355 e. The zero-order valence-electron chi connectivity index (χ0n) is 23.9. The SMILES string of the molecule is CC(C)[C@@H]1CN(C(=O)c2ccc3ncccc3c2)CC(=O)NCCCc2ccc(F)c(c2)C(=O)N2CCC[C@H]2C(=O)N1. The molecule has 4 amide bonds. The summed E-state index contributed by atoms with van der Waals surface area (Å²) in [4.78, 5) is 61.1. The lowest BCUT2D eigenvalue weighted by molar-refractivity contribution is -0.126. The maximum Gasteiger partial charge on any atom is 0.257 e. The molecule has 1 saturated heterocycles. The van der Waals surface area contributed by atoms with E-state index in [9.17, 15) is 23.6 Å². The first kappa shape index (κ1) is 29.2. The number of fused-ring (bicyclic) bond motifs is 4. The van der Waals surface area contributed by atoms with Crippen molar-refractivity contribution in [2.24, 2.45) is 5.92 Å². The first-order valence-corrected chi connectivity index (χ1v) is 14.5. The van der Waals surface area contributed by atoms with Gasteiger partial charge >= 0.3 is 0 Å². The first-order chi connectivity index (χ1) is 20.2. The molecule has 0 aliphatic carbocycles. The van der Waals surface area contributed by atoms with E-state index in [0.717, 1.165) is 16.5 Å². The molecule has 2 aliphatic rings. The molecule has 1 aromatic heterocycles. The van der Waals surface area contributed by atoms with E-state index < -0.39 is 23.8 Å². The van der Waals surface area contributed by atoms with Crippen LogP contribution < -0.4 is 10.6 Å². The van der Waals surface area contributed by atoms with Crippen LogP contribution in [0.15, 0.2) is 54.7 Å². The van der Waals surface area contributed by atoms with Gasteiger partial charge in [0.05, 0.1) is 17.6 Å². The number of amides is 4. The Labute approximate surface area is 244 Å². The molecule has 3 heterocycles. The third-order valence-electron chi connectivity index (χ3n) is 8.06. The molecule has 2 bridgehead atoms. The summed E-state index contributed by atoms with van der Waals surface area (Å²) >= 11 is 0. The van der Waals surface area contributed by atoms with Gasteiger partial charge < -0.3 is 20.4 Å². The molecule has 3 aromatic rings. The second kappa shape index (κ2) is 12.7. The molecule has 220 valence electrons. The molecular formula is C32H36FN5O4. The van der Waals surface area contributed by atoms with Gasteiger partial charge in [0.1, 0.15) is 11.9 Å². The predicted molar refractivity (Wildman–Crippen MR) is 156 cm³/mol. The van der Waals surface area contributed by atoms with E-state index in [1.54, 1.807) is 42.6 Å². The van der Waals surface area contributed by atoms with Crippen molar-refractivity contribution in [1.29, 1.82) is 0 Å². The van der Waals surface area contributed by atoms with Crippen molar-refractivity contribution in [1.82, 2.24) is 25.4 Å². The highest BCUT2D eigenvalue weighted by Crippen LogP contribution is 2.24. The smallest absolute Gasteiger partial charge is 0.257 e. The van der Waals surface area contributed by atoms with Gasteiger partial charge in [0.2, 0.25) is 11.8 Å². The highest BCUT2D eigenvalue weighted by Gasteiger charge is 2.37. The number of halogens is 1. The van der Waals surface area contributed by atoms with Crippen LogP contribution in [0.2, 0.25) is 0 Å². The van der Waals surface area contributed by atoms with E-state index in [4.69, 9.17) is 0 Å².